The molecule has 0 bridgehead atoms. The van der Waals surface area contributed by atoms with Crippen molar-refractivity contribution >= 4 is 5.91 Å². The summed E-state index contributed by atoms with van der Waals surface area (Å²) in [5, 5.41) is 3.06. The molecule has 2 rings (SSSR count). The number of nitrogens with two attached hydrogens (primary N) is 1. The molecule has 0 spiro atoms. The van der Waals surface area contributed by atoms with Crippen LogP contribution in [0.3, 0.4) is 0 Å². The Hall–Kier alpha value is -1.29. The fourth-order valence-corrected chi connectivity index (χ4v) is 2.38. The van der Waals surface area contributed by atoms with Gasteiger partial charge in [0.05, 0.1) is 5.56 Å². The van der Waals surface area contributed by atoms with Gasteiger partial charge in [0.25, 0.3) is 5.91 Å². The predicted octanol–water partition coefficient (Wildman–Crippen LogP) is 1.90. The Balaban J connectivity index is 1.95. The van der Waals surface area contributed by atoms with Crippen molar-refractivity contribution in [1.29, 1.82) is 0 Å². The summed E-state index contributed by atoms with van der Waals surface area (Å²) in [7, 11) is 0. The van der Waals surface area contributed by atoms with E-state index in [-0.39, 0.29) is 11.9 Å². The van der Waals surface area contributed by atoms with Crippen LogP contribution in [-0.2, 0) is 0 Å². The van der Waals surface area contributed by atoms with Gasteiger partial charge in [-0.3, -0.25) is 4.79 Å². The number of aryl methyl sites for hydroxylation is 2. The van der Waals surface area contributed by atoms with E-state index in [1.807, 2.05) is 13.8 Å². The van der Waals surface area contributed by atoms with E-state index in [9.17, 15) is 4.79 Å². The van der Waals surface area contributed by atoms with Gasteiger partial charge in [-0.25, -0.2) is 0 Å². The van der Waals surface area contributed by atoms with Crippen LogP contribution in [0.2, 0.25) is 0 Å². The molecule has 1 fully saturated rings. The van der Waals surface area contributed by atoms with Crippen LogP contribution in [0.15, 0.2) is 10.5 Å². The van der Waals surface area contributed by atoms with Gasteiger partial charge >= 0.3 is 0 Å². The molecule has 0 saturated heterocycles. The highest BCUT2D eigenvalue weighted by Gasteiger charge is 2.22. The molecule has 4 heteroatoms. The molecule has 0 unspecified atom stereocenters. The van der Waals surface area contributed by atoms with Gasteiger partial charge in [0.1, 0.15) is 11.5 Å². The van der Waals surface area contributed by atoms with Gasteiger partial charge in [0.15, 0.2) is 0 Å². The highest BCUT2D eigenvalue weighted by atomic mass is 16.3. The van der Waals surface area contributed by atoms with E-state index in [0.29, 0.717) is 17.4 Å². The molecule has 1 aliphatic rings. The average Bonchev–Trinajstić information content (AvgIpc) is 2.61. The number of carbonyl (C=O) groups excluding carboxylic acids is 1. The van der Waals surface area contributed by atoms with Crippen molar-refractivity contribution in [3.8, 4) is 0 Å². The lowest BCUT2D eigenvalue weighted by Crippen LogP contribution is -2.40. The molecule has 1 heterocycles. The zero-order chi connectivity index (χ0) is 12.4. The second-order valence-electron chi connectivity index (χ2n) is 4.91. The van der Waals surface area contributed by atoms with Crippen molar-refractivity contribution in [2.75, 3.05) is 0 Å². The second-order valence-corrected chi connectivity index (χ2v) is 4.91. The van der Waals surface area contributed by atoms with Gasteiger partial charge in [-0.2, -0.15) is 0 Å². The van der Waals surface area contributed by atoms with E-state index in [1.54, 1.807) is 6.07 Å². The summed E-state index contributed by atoms with van der Waals surface area (Å²) in [6, 6.07) is 2.36. The number of hydrogen-bond acceptors (Lipinski definition) is 3. The van der Waals surface area contributed by atoms with Crippen LogP contribution in [0, 0.1) is 13.8 Å². The van der Waals surface area contributed by atoms with Crippen LogP contribution in [0.5, 0.6) is 0 Å². The number of rotatable bonds is 2. The van der Waals surface area contributed by atoms with Crippen LogP contribution in [0.1, 0.15) is 47.6 Å². The zero-order valence-corrected chi connectivity index (χ0v) is 10.5. The lowest BCUT2D eigenvalue weighted by molar-refractivity contribution is 0.0924. The maximum atomic E-state index is 12.0. The van der Waals surface area contributed by atoms with Crippen LogP contribution in [-0.4, -0.2) is 18.0 Å². The largest absolute Gasteiger partial charge is 0.466 e. The molecule has 1 amide bonds. The van der Waals surface area contributed by atoms with E-state index in [4.69, 9.17) is 10.2 Å². The lowest BCUT2D eigenvalue weighted by atomic mass is 9.91. The summed E-state index contributed by atoms with van der Waals surface area (Å²) < 4.78 is 5.36. The monoisotopic (exact) mass is 236 g/mol. The summed E-state index contributed by atoms with van der Waals surface area (Å²) >= 11 is 0. The van der Waals surface area contributed by atoms with Crippen molar-refractivity contribution in [3.63, 3.8) is 0 Å². The van der Waals surface area contributed by atoms with Gasteiger partial charge in [-0.1, -0.05) is 0 Å². The summed E-state index contributed by atoms with van der Waals surface area (Å²) in [6.45, 7) is 3.67. The third-order valence-corrected chi connectivity index (χ3v) is 3.39. The Morgan fingerprint density at radius 2 is 2.00 bits per heavy atom. The number of furan rings is 1. The molecule has 0 radical (unpaired) electrons. The van der Waals surface area contributed by atoms with Crippen molar-refractivity contribution in [2.24, 2.45) is 5.73 Å². The minimum atomic E-state index is -0.0279. The van der Waals surface area contributed by atoms with E-state index in [2.05, 4.69) is 5.32 Å². The zero-order valence-electron chi connectivity index (χ0n) is 10.5. The van der Waals surface area contributed by atoms with Gasteiger partial charge in [0, 0.05) is 12.1 Å². The van der Waals surface area contributed by atoms with Crippen LogP contribution < -0.4 is 11.1 Å². The number of nitrogens with one attached hydrogen (secondary N) is 1. The SMILES string of the molecule is Cc1cc(C(=O)NC2CCC(N)CC2)c(C)o1. The van der Waals surface area contributed by atoms with E-state index in [0.717, 1.165) is 31.4 Å². The summed E-state index contributed by atoms with van der Waals surface area (Å²) in [5.74, 6) is 1.44. The predicted molar refractivity (Wildman–Crippen MR) is 65.9 cm³/mol. The van der Waals surface area contributed by atoms with Crippen molar-refractivity contribution in [3.05, 3.63) is 23.2 Å². The molecular formula is C13H20N2O2. The minimum absolute atomic E-state index is 0.0279. The van der Waals surface area contributed by atoms with Crippen LogP contribution >= 0.6 is 0 Å². The molecule has 0 aliphatic heterocycles. The van der Waals surface area contributed by atoms with E-state index >= 15 is 0 Å². The van der Waals surface area contributed by atoms with Gasteiger partial charge in [0.2, 0.25) is 0 Å². The fraction of sp³-hybridized carbons (Fsp3) is 0.615. The topological polar surface area (TPSA) is 68.3 Å². The Bertz CT molecular complexity index is 404. The average molecular weight is 236 g/mol. The standard InChI is InChI=1S/C13H20N2O2/c1-8-7-12(9(2)17-8)13(16)15-11-5-3-10(14)4-6-11/h7,10-11H,3-6,14H2,1-2H3,(H,15,16). The molecule has 94 valence electrons. The number of amides is 1. The number of hydrogen-bond donors (Lipinski definition) is 2. The summed E-state index contributed by atoms with van der Waals surface area (Å²) in [6.07, 6.45) is 3.94. The molecule has 3 N–H and O–H groups in total. The Kier molecular flexibility index (Phi) is 3.52. The quantitative estimate of drug-likeness (QED) is 0.824. The highest BCUT2D eigenvalue weighted by Crippen LogP contribution is 2.19. The molecule has 1 aliphatic carbocycles. The van der Waals surface area contributed by atoms with Crippen molar-refractivity contribution in [1.82, 2.24) is 5.32 Å². The molecule has 1 aromatic rings. The first-order chi connectivity index (χ1) is 8.06. The first kappa shape index (κ1) is 12.2. The van der Waals surface area contributed by atoms with E-state index < -0.39 is 0 Å². The first-order valence-electron chi connectivity index (χ1n) is 6.19. The third kappa shape index (κ3) is 2.88. The first-order valence-corrected chi connectivity index (χ1v) is 6.19. The molecule has 4 nitrogen and oxygen atoms in total. The van der Waals surface area contributed by atoms with Gasteiger partial charge in [-0.05, 0) is 45.6 Å². The maximum absolute atomic E-state index is 12.0. The van der Waals surface area contributed by atoms with Crippen molar-refractivity contribution < 1.29 is 9.21 Å². The Morgan fingerprint density at radius 1 is 1.35 bits per heavy atom. The second kappa shape index (κ2) is 4.92. The minimum Gasteiger partial charge on any atom is -0.466 e. The third-order valence-electron chi connectivity index (χ3n) is 3.39. The molecular weight excluding hydrogens is 216 g/mol. The fourth-order valence-electron chi connectivity index (χ4n) is 2.38. The van der Waals surface area contributed by atoms with E-state index in [1.165, 1.54) is 0 Å². The molecule has 0 aromatic carbocycles. The van der Waals surface area contributed by atoms with Gasteiger partial charge in [-0.15, -0.1) is 0 Å². The van der Waals surface area contributed by atoms with Gasteiger partial charge < -0.3 is 15.5 Å². The molecule has 1 aromatic heterocycles. The highest BCUT2D eigenvalue weighted by molar-refractivity contribution is 5.95. The lowest BCUT2D eigenvalue weighted by Gasteiger charge is -2.26. The normalized spacial score (nSPS) is 24.6. The number of carbonyl (C=O) groups is 1. The Labute approximate surface area is 102 Å². The maximum Gasteiger partial charge on any atom is 0.255 e. The smallest absolute Gasteiger partial charge is 0.255 e. The van der Waals surface area contributed by atoms with Crippen molar-refractivity contribution in [2.45, 2.75) is 51.6 Å². The molecule has 1 saturated carbocycles. The summed E-state index contributed by atoms with van der Waals surface area (Å²) in [5.41, 5.74) is 6.49. The Morgan fingerprint density at radius 3 is 2.53 bits per heavy atom. The van der Waals surface area contributed by atoms with Crippen LogP contribution in [0.25, 0.3) is 0 Å². The summed E-state index contributed by atoms with van der Waals surface area (Å²) in [4.78, 5) is 12.0. The van der Waals surface area contributed by atoms with Crippen LogP contribution in [0.4, 0.5) is 0 Å². The molecule has 0 atom stereocenters. The molecule has 17 heavy (non-hydrogen) atoms.